The van der Waals surface area contributed by atoms with Gasteiger partial charge in [-0.15, -0.1) is 0 Å². The molecule has 0 bridgehead atoms. The lowest BCUT2D eigenvalue weighted by molar-refractivity contribution is 1.27. The van der Waals surface area contributed by atoms with Crippen LogP contribution in [0, 0.1) is 3.57 Å². The molecule has 1 aromatic rings. The predicted octanol–water partition coefficient (Wildman–Crippen LogP) is 2.30. The molecule has 13 heavy (non-hydrogen) atoms. The van der Waals surface area contributed by atoms with Crippen molar-refractivity contribution in [3.63, 3.8) is 0 Å². The molecule has 0 aliphatic carbocycles. The van der Waals surface area contributed by atoms with E-state index in [9.17, 15) is 0 Å². The first-order chi connectivity index (χ1) is 6.19. The van der Waals surface area contributed by atoms with Gasteiger partial charge in [0, 0.05) is 28.4 Å². The van der Waals surface area contributed by atoms with E-state index < -0.39 is 0 Å². The summed E-state index contributed by atoms with van der Waals surface area (Å²) in [5.74, 6) is 0. The van der Waals surface area contributed by atoms with Crippen molar-refractivity contribution in [3.8, 4) is 0 Å². The maximum Gasteiger partial charge on any atom is 0.0424 e. The molecule has 0 radical (unpaired) electrons. The molecule has 70 valence electrons. The summed E-state index contributed by atoms with van der Waals surface area (Å²) in [7, 11) is 1.90. The highest BCUT2D eigenvalue weighted by atomic mass is 127. The fraction of sp³-hybridized carbons (Fsp3) is 0.200. The molecule has 0 fully saturated rings. The van der Waals surface area contributed by atoms with Crippen LogP contribution in [-0.2, 0) is 0 Å². The highest BCUT2D eigenvalue weighted by Gasteiger charge is 2.03. The van der Waals surface area contributed by atoms with Crippen LogP contribution in [0.25, 0.3) is 5.57 Å². The SMILES string of the molecule is C=C(CN)c1ccc(I)cc1NC. The van der Waals surface area contributed by atoms with Crippen molar-refractivity contribution in [3.05, 3.63) is 33.9 Å². The number of nitrogens with two attached hydrogens (primary N) is 1. The minimum Gasteiger partial charge on any atom is -0.388 e. The first kappa shape index (κ1) is 10.5. The Morgan fingerprint density at radius 2 is 2.31 bits per heavy atom. The second-order valence-corrected chi connectivity index (χ2v) is 3.99. The quantitative estimate of drug-likeness (QED) is 0.838. The summed E-state index contributed by atoms with van der Waals surface area (Å²) >= 11 is 2.28. The zero-order chi connectivity index (χ0) is 9.84. The van der Waals surface area contributed by atoms with Gasteiger partial charge in [-0.1, -0.05) is 12.6 Å². The molecular formula is C10H13IN2. The minimum absolute atomic E-state index is 0.495. The van der Waals surface area contributed by atoms with Gasteiger partial charge in [0.15, 0.2) is 0 Å². The average Bonchev–Trinajstić information content (AvgIpc) is 2.16. The Morgan fingerprint density at radius 1 is 1.62 bits per heavy atom. The van der Waals surface area contributed by atoms with Crippen molar-refractivity contribution in [2.45, 2.75) is 0 Å². The van der Waals surface area contributed by atoms with Crippen molar-refractivity contribution in [1.29, 1.82) is 0 Å². The van der Waals surface area contributed by atoms with E-state index in [-0.39, 0.29) is 0 Å². The van der Waals surface area contributed by atoms with Gasteiger partial charge < -0.3 is 11.1 Å². The first-order valence-corrected chi connectivity index (χ1v) is 5.12. The maximum atomic E-state index is 5.54. The minimum atomic E-state index is 0.495. The summed E-state index contributed by atoms with van der Waals surface area (Å²) in [6.07, 6.45) is 0. The van der Waals surface area contributed by atoms with E-state index in [1.165, 1.54) is 3.57 Å². The third kappa shape index (κ3) is 2.45. The van der Waals surface area contributed by atoms with Gasteiger partial charge in [-0.3, -0.25) is 0 Å². The third-order valence-electron chi connectivity index (χ3n) is 1.88. The molecule has 0 spiro atoms. The van der Waals surface area contributed by atoms with E-state index in [4.69, 9.17) is 5.73 Å². The number of hydrogen-bond donors (Lipinski definition) is 2. The summed E-state index contributed by atoms with van der Waals surface area (Å²) < 4.78 is 1.20. The van der Waals surface area contributed by atoms with Gasteiger partial charge >= 0.3 is 0 Å². The van der Waals surface area contributed by atoms with Crippen LogP contribution in [0.15, 0.2) is 24.8 Å². The Morgan fingerprint density at radius 3 is 2.85 bits per heavy atom. The topological polar surface area (TPSA) is 38.0 Å². The van der Waals surface area contributed by atoms with E-state index in [1.807, 2.05) is 13.1 Å². The lowest BCUT2D eigenvalue weighted by Gasteiger charge is -2.10. The van der Waals surface area contributed by atoms with Crippen molar-refractivity contribution >= 4 is 33.9 Å². The van der Waals surface area contributed by atoms with Crippen molar-refractivity contribution in [1.82, 2.24) is 0 Å². The molecule has 0 atom stereocenters. The molecule has 0 heterocycles. The fourth-order valence-corrected chi connectivity index (χ4v) is 1.63. The standard InChI is InChI=1S/C10H13IN2/c1-7(6-12)9-4-3-8(11)5-10(9)13-2/h3-5,13H,1,6,12H2,2H3. The van der Waals surface area contributed by atoms with Crippen molar-refractivity contribution in [2.24, 2.45) is 5.73 Å². The summed E-state index contributed by atoms with van der Waals surface area (Å²) in [6.45, 7) is 4.41. The average molecular weight is 288 g/mol. The van der Waals surface area contributed by atoms with E-state index in [2.05, 4.69) is 46.6 Å². The van der Waals surface area contributed by atoms with E-state index in [1.54, 1.807) is 0 Å². The van der Waals surface area contributed by atoms with Crippen LogP contribution in [-0.4, -0.2) is 13.6 Å². The highest BCUT2D eigenvalue weighted by Crippen LogP contribution is 2.23. The number of benzene rings is 1. The summed E-state index contributed by atoms with van der Waals surface area (Å²) in [4.78, 5) is 0. The molecule has 0 amide bonds. The van der Waals surface area contributed by atoms with Gasteiger partial charge in [-0.25, -0.2) is 0 Å². The van der Waals surface area contributed by atoms with E-state index >= 15 is 0 Å². The van der Waals surface area contributed by atoms with Crippen LogP contribution in [0.5, 0.6) is 0 Å². The molecule has 3 N–H and O–H groups in total. The van der Waals surface area contributed by atoms with Gasteiger partial charge in [0.1, 0.15) is 0 Å². The molecule has 2 nitrogen and oxygen atoms in total. The van der Waals surface area contributed by atoms with Crippen LogP contribution in [0.4, 0.5) is 5.69 Å². The van der Waals surface area contributed by atoms with Gasteiger partial charge in [-0.2, -0.15) is 0 Å². The second kappa shape index (κ2) is 4.62. The molecule has 0 aromatic heterocycles. The smallest absolute Gasteiger partial charge is 0.0424 e. The number of halogens is 1. The monoisotopic (exact) mass is 288 g/mol. The zero-order valence-electron chi connectivity index (χ0n) is 7.60. The molecular weight excluding hydrogens is 275 g/mol. The summed E-state index contributed by atoms with van der Waals surface area (Å²) in [5.41, 5.74) is 8.68. The zero-order valence-corrected chi connectivity index (χ0v) is 9.76. The lowest BCUT2D eigenvalue weighted by Crippen LogP contribution is -2.03. The number of nitrogens with one attached hydrogen (secondary N) is 1. The fourth-order valence-electron chi connectivity index (χ4n) is 1.14. The van der Waals surface area contributed by atoms with Crippen LogP contribution >= 0.6 is 22.6 Å². The largest absolute Gasteiger partial charge is 0.388 e. The van der Waals surface area contributed by atoms with Gasteiger partial charge in [0.2, 0.25) is 0 Å². The lowest BCUT2D eigenvalue weighted by atomic mass is 10.1. The third-order valence-corrected chi connectivity index (χ3v) is 2.55. The second-order valence-electron chi connectivity index (χ2n) is 2.75. The molecule has 0 saturated heterocycles. The summed E-state index contributed by atoms with van der Waals surface area (Å²) in [6, 6.07) is 6.18. The Labute approximate surface area is 92.4 Å². The van der Waals surface area contributed by atoms with Crippen molar-refractivity contribution < 1.29 is 0 Å². The van der Waals surface area contributed by atoms with Crippen LogP contribution in [0.1, 0.15) is 5.56 Å². The van der Waals surface area contributed by atoms with E-state index in [0.29, 0.717) is 6.54 Å². The molecule has 0 aliphatic heterocycles. The molecule has 0 aliphatic rings. The van der Waals surface area contributed by atoms with Gasteiger partial charge in [0.25, 0.3) is 0 Å². The van der Waals surface area contributed by atoms with E-state index in [0.717, 1.165) is 16.8 Å². The Bertz CT molecular complexity index is 321. The Kier molecular flexibility index (Phi) is 3.74. The molecule has 3 heteroatoms. The maximum absolute atomic E-state index is 5.54. The summed E-state index contributed by atoms with van der Waals surface area (Å²) in [5, 5.41) is 3.13. The Hall–Kier alpha value is -0.550. The number of anilines is 1. The van der Waals surface area contributed by atoms with Crippen LogP contribution in [0.3, 0.4) is 0 Å². The number of rotatable bonds is 3. The molecule has 0 saturated carbocycles. The normalized spacial score (nSPS) is 9.77. The molecule has 0 unspecified atom stereocenters. The van der Waals surface area contributed by atoms with Gasteiger partial charge in [0.05, 0.1) is 0 Å². The predicted molar refractivity (Wildman–Crippen MR) is 66.8 cm³/mol. The highest BCUT2D eigenvalue weighted by molar-refractivity contribution is 14.1. The van der Waals surface area contributed by atoms with Crippen LogP contribution < -0.4 is 11.1 Å². The molecule has 1 aromatic carbocycles. The first-order valence-electron chi connectivity index (χ1n) is 4.04. The van der Waals surface area contributed by atoms with Crippen molar-refractivity contribution in [2.75, 3.05) is 18.9 Å². The van der Waals surface area contributed by atoms with Crippen LogP contribution in [0.2, 0.25) is 0 Å². The molecule has 1 rings (SSSR count). The van der Waals surface area contributed by atoms with Gasteiger partial charge in [-0.05, 0) is 40.3 Å². The Balaban J connectivity index is 3.13. The number of hydrogen-bond acceptors (Lipinski definition) is 2.